The first-order chi connectivity index (χ1) is 15.6. The molecular weight excluding hydrogens is 489 g/mol. The number of halogens is 3. The Morgan fingerprint density at radius 1 is 1.00 bits per heavy atom. The second kappa shape index (κ2) is 8.42. The van der Waals surface area contributed by atoms with Crippen LogP contribution in [0.5, 0.6) is 23.0 Å². The number of carbonyl (C=O) groups is 2. The minimum atomic E-state index is -6.19. The molecule has 0 spiro atoms. The number of methoxy groups -OCH3 is 2. The topological polar surface area (TPSA) is 124 Å². The third-order valence-corrected chi connectivity index (χ3v) is 5.37. The molecule has 0 fully saturated rings. The number of rotatable bonds is 5. The third kappa shape index (κ3) is 4.62. The van der Waals surface area contributed by atoms with E-state index in [1.807, 2.05) is 0 Å². The maximum Gasteiger partial charge on any atom is 0.534 e. The van der Waals surface area contributed by atoms with E-state index in [4.69, 9.17) is 23.7 Å². The number of ether oxygens (including phenoxy) is 5. The van der Waals surface area contributed by atoms with Gasteiger partial charge in [0, 0.05) is 10.8 Å². The van der Waals surface area contributed by atoms with Gasteiger partial charge in [-0.05, 0) is 32.9 Å². The lowest BCUT2D eigenvalue weighted by atomic mass is 9.98. The highest BCUT2D eigenvalue weighted by Crippen LogP contribution is 2.49. The Kier molecular flexibility index (Phi) is 6.24. The van der Waals surface area contributed by atoms with E-state index in [2.05, 4.69) is 4.18 Å². The highest BCUT2D eigenvalue weighted by molar-refractivity contribution is 7.88. The number of benzene rings is 2. The molecular formula is C20H19F3O10S. The molecule has 2 aromatic carbocycles. The fourth-order valence-corrected chi connectivity index (χ4v) is 3.57. The van der Waals surface area contributed by atoms with Crippen LogP contribution in [0.3, 0.4) is 0 Å². The van der Waals surface area contributed by atoms with Gasteiger partial charge in [0.15, 0.2) is 17.2 Å². The zero-order valence-electron chi connectivity index (χ0n) is 18.5. The van der Waals surface area contributed by atoms with Gasteiger partial charge >= 0.3 is 27.8 Å². The Labute approximate surface area is 191 Å². The average molecular weight is 508 g/mol. The van der Waals surface area contributed by atoms with E-state index in [0.29, 0.717) is 0 Å². The van der Waals surface area contributed by atoms with Crippen molar-refractivity contribution < 1.29 is 59.0 Å². The lowest BCUT2D eigenvalue weighted by Gasteiger charge is -2.21. The maximum absolute atomic E-state index is 13.1. The Bertz CT molecular complexity index is 1280. The van der Waals surface area contributed by atoms with Crippen LogP contribution in [-0.2, 0) is 26.2 Å². The molecule has 0 unspecified atom stereocenters. The lowest BCUT2D eigenvalue weighted by Crippen LogP contribution is -2.29. The van der Waals surface area contributed by atoms with E-state index >= 15 is 0 Å². The summed E-state index contributed by atoms with van der Waals surface area (Å²) < 4.78 is 92.9. The van der Waals surface area contributed by atoms with E-state index in [-0.39, 0.29) is 33.6 Å². The Balaban J connectivity index is 2.38. The average Bonchev–Trinajstić information content (AvgIpc) is 3.08. The molecule has 0 saturated carbocycles. The van der Waals surface area contributed by atoms with Gasteiger partial charge in [0.2, 0.25) is 0 Å². The molecule has 34 heavy (non-hydrogen) atoms. The van der Waals surface area contributed by atoms with Crippen LogP contribution in [-0.4, -0.2) is 45.9 Å². The predicted octanol–water partition coefficient (Wildman–Crippen LogP) is 4.07. The van der Waals surface area contributed by atoms with Gasteiger partial charge in [-0.25, -0.2) is 9.59 Å². The monoisotopic (exact) mass is 508 g/mol. The van der Waals surface area contributed by atoms with Crippen LogP contribution in [0.1, 0.15) is 36.7 Å². The standard InChI is InChI=1S/C20H19F3O10S/c1-19(2,3)32-18(25)31-15-9-6-12(28-4)13(29-5)7-10(9)16(14-11(15)8-30-17(14)24)33-34(26,27)20(21,22)23/h6-7H,8H2,1-5H3. The van der Waals surface area contributed by atoms with Crippen molar-refractivity contribution in [2.45, 2.75) is 38.5 Å². The molecule has 1 aliphatic heterocycles. The summed E-state index contributed by atoms with van der Waals surface area (Å²) in [6.45, 7) is 4.15. The van der Waals surface area contributed by atoms with Gasteiger partial charge in [-0.2, -0.15) is 21.6 Å². The highest BCUT2D eigenvalue weighted by Gasteiger charge is 2.50. The summed E-state index contributed by atoms with van der Waals surface area (Å²) >= 11 is 0. The van der Waals surface area contributed by atoms with Crippen molar-refractivity contribution in [3.05, 3.63) is 23.3 Å². The molecule has 0 saturated heterocycles. The van der Waals surface area contributed by atoms with Gasteiger partial charge in [-0.15, -0.1) is 0 Å². The van der Waals surface area contributed by atoms with Gasteiger partial charge in [0.1, 0.15) is 23.5 Å². The van der Waals surface area contributed by atoms with E-state index < -0.39 is 51.3 Å². The molecule has 0 bridgehead atoms. The number of alkyl halides is 3. The summed E-state index contributed by atoms with van der Waals surface area (Å²) in [6, 6.07) is 2.28. The summed E-state index contributed by atoms with van der Waals surface area (Å²) in [4.78, 5) is 24.8. The van der Waals surface area contributed by atoms with Crippen molar-refractivity contribution >= 4 is 33.0 Å². The number of hydrogen-bond acceptors (Lipinski definition) is 10. The van der Waals surface area contributed by atoms with Gasteiger partial charge in [-0.3, -0.25) is 0 Å². The van der Waals surface area contributed by atoms with Gasteiger partial charge < -0.3 is 27.9 Å². The summed E-state index contributed by atoms with van der Waals surface area (Å²) in [5, 5.41) is -0.491. The number of esters is 1. The SMILES string of the molecule is COc1cc2c(OC(=O)OC(C)(C)C)c3c(c(OS(=O)(=O)C(F)(F)F)c2cc1OC)C(=O)OC3. The molecule has 0 atom stereocenters. The molecule has 1 aliphatic rings. The summed E-state index contributed by atoms with van der Waals surface area (Å²) in [6.07, 6.45) is -1.19. The fourth-order valence-electron chi connectivity index (χ4n) is 3.08. The van der Waals surface area contributed by atoms with Crippen molar-refractivity contribution in [2.75, 3.05) is 14.2 Å². The van der Waals surface area contributed by atoms with Crippen LogP contribution in [0.25, 0.3) is 10.8 Å². The number of hydrogen-bond donors (Lipinski definition) is 0. The normalized spacial score (nSPS) is 13.8. The van der Waals surface area contributed by atoms with Gasteiger partial charge in [-0.1, -0.05) is 0 Å². The van der Waals surface area contributed by atoms with Crippen LogP contribution in [0.15, 0.2) is 12.1 Å². The number of cyclic esters (lactones) is 1. The molecule has 2 aromatic rings. The van der Waals surface area contributed by atoms with Crippen LogP contribution < -0.4 is 18.4 Å². The Hall–Kier alpha value is -3.42. The van der Waals surface area contributed by atoms with E-state index in [1.165, 1.54) is 20.3 Å². The first-order valence-corrected chi connectivity index (χ1v) is 10.8. The van der Waals surface area contributed by atoms with Crippen molar-refractivity contribution in [3.63, 3.8) is 0 Å². The van der Waals surface area contributed by atoms with E-state index in [9.17, 15) is 31.2 Å². The fraction of sp³-hybridized carbons (Fsp3) is 0.400. The molecule has 0 radical (unpaired) electrons. The minimum absolute atomic E-state index is 0.0428. The van der Waals surface area contributed by atoms with E-state index in [1.54, 1.807) is 20.8 Å². The molecule has 14 heteroatoms. The predicted molar refractivity (Wildman–Crippen MR) is 109 cm³/mol. The van der Waals surface area contributed by atoms with Gasteiger partial charge in [0.25, 0.3) is 0 Å². The first-order valence-electron chi connectivity index (χ1n) is 9.43. The molecule has 0 N–H and O–H groups in total. The maximum atomic E-state index is 13.1. The quantitative estimate of drug-likeness (QED) is 0.253. The molecule has 10 nitrogen and oxygen atoms in total. The molecule has 0 aliphatic carbocycles. The Morgan fingerprint density at radius 2 is 1.53 bits per heavy atom. The zero-order chi connectivity index (χ0) is 25.6. The minimum Gasteiger partial charge on any atom is -0.493 e. The highest BCUT2D eigenvalue weighted by atomic mass is 32.2. The van der Waals surface area contributed by atoms with Crippen molar-refractivity contribution in [2.24, 2.45) is 0 Å². The third-order valence-electron chi connectivity index (χ3n) is 4.42. The molecule has 0 amide bonds. The largest absolute Gasteiger partial charge is 0.534 e. The molecule has 0 aromatic heterocycles. The van der Waals surface area contributed by atoms with Crippen LogP contribution in [0.4, 0.5) is 18.0 Å². The Morgan fingerprint density at radius 3 is 2.00 bits per heavy atom. The van der Waals surface area contributed by atoms with Crippen molar-refractivity contribution in [1.29, 1.82) is 0 Å². The molecule has 186 valence electrons. The summed E-state index contributed by atoms with van der Waals surface area (Å²) in [5.41, 5.74) is -7.64. The summed E-state index contributed by atoms with van der Waals surface area (Å²) in [5.74, 6) is -2.46. The van der Waals surface area contributed by atoms with E-state index in [0.717, 1.165) is 6.07 Å². The number of carbonyl (C=O) groups excluding carboxylic acids is 2. The van der Waals surface area contributed by atoms with Gasteiger partial charge in [0.05, 0.1) is 19.8 Å². The van der Waals surface area contributed by atoms with Crippen LogP contribution in [0, 0.1) is 0 Å². The molecule has 3 rings (SSSR count). The number of fused-ring (bicyclic) bond motifs is 2. The van der Waals surface area contributed by atoms with Crippen LogP contribution in [0.2, 0.25) is 0 Å². The smallest absolute Gasteiger partial charge is 0.493 e. The second-order valence-electron chi connectivity index (χ2n) is 7.89. The first kappa shape index (κ1) is 25.2. The van der Waals surface area contributed by atoms with Crippen LogP contribution >= 0.6 is 0 Å². The zero-order valence-corrected chi connectivity index (χ0v) is 19.3. The molecule has 1 heterocycles. The van der Waals surface area contributed by atoms with Crippen molar-refractivity contribution in [3.8, 4) is 23.0 Å². The lowest BCUT2D eigenvalue weighted by molar-refractivity contribution is -0.0500. The second-order valence-corrected chi connectivity index (χ2v) is 9.43. The van der Waals surface area contributed by atoms with Crippen molar-refractivity contribution in [1.82, 2.24) is 0 Å². The summed E-state index contributed by atoms with van der Waals surface area (Å²) in [7, 11) is -3.71.